The fourth-order valence-electron chi connectivity index (χ4n) is 4.68. The van der Waals surface area contributed by atoms with Gasteiger partial charge in [0.15, 0.2) is 5.82 Å². The molecule has 41 heavy (non-hydrogen) atoms. The van der Waals surface area contributed by atoms with Crippen LogP contribution in [0.15, 0.2) is 53.6 Å². The summed E-state index contributed by atoms with van der Waals surface area (Å²) in [5, 5.41) is 16.1. The lowest BCUT2D eigenvalue weighted by molar-refractivity contribution is -0.0592. The van der Waals surface area contributed by atoms with Gasteiger partial charge in [0.2, 0.25) is 5.88 Å². The Hall–Kier alpha value is -4.29. The molecule has 0 aliphatic carbocycles. The van der Waals surface area contributed by atoms with E-state index in [1.54, 1.807) is 35.6 Å². The van der Waals surface area contributed by atoms with E-state index in [2.05, 4.69) is 15.1 Å². The molecule has 1 atom stereocenters. The molecule has 0 saturated carbocycles. The number of hydrazone groups is 1. The zero-order valence-electron chi connectivity index (χ0n) is 21.7. The van der Waals surface area contributed by atoms with Crippen LogP contribution in [-0.2, 0) is 24.4 Å². The summed E-state index contributed by atoms with van der Waals surface area (Å²) in [6.45, 7) is 2.46. The maximum atomic E-state index is 14.8. The number of anilines is 1. The standard InChI is InChI=1S/C28H25ClF2N6O4/c29-19-5-4-17(21(30)12-19)15-41-26-3-1-2-24(33-26)35-7-8-36(32-16-35)14-25-34-27-22(31)10-18(28(38)39)11-23(27)37(25)13-20-6-9-40-20/h1-5,10-12,16,20H,6-9,13-15H2,(H,38,39)/t20-/m0/s1. The van der Waals surface area contributed by atoms with E-state index >= 15 is 0 Å². The van der Waals surface area contributed by atoms with Crippen LogP contribution in [0, 0.1) is 11.6 Å². The third kappa shape index (κ3) is 5.79. The van der Waals surface area contributed by atoms with E-state index in [4.69, 9.17) is 21.1 Å². The Morgan fingerprint density at radius 1 is 1.12 bits per heavy atom. The van der Waals surface area contributed by atoms with Crippen LogP contribution in [0.4, 0.5) is 14.6 Å². The predicted octanol–water partition coefficient (Wildman–Crippen LogP) is 4.69. The number of carboxylic acid groups (broad SMARTS) is 1. The van der Waals surface area contributed by atoms with Crippen LogP contribution in [0.25, 0.3) is 11.0 Å². The summed E-state index contributed by atoms with van der Waals surface area (Å²) in [7, 11) is 0. The molecule has 2 aliphatic rings. The molecule has 10 nitrogen and oxygen atoms in total. The fraction of sp³-hybridized carbons (Fsp3) is 0.286. The molecule has 1 fully saturated rings. The van der Waals surface area contributed by atoms with E-state index < -0.39 is 17.6 Å². The van der Waals surface area contributed by atoms with E-state index in [0.717, 1.165) is 12.5 Å². The highest BCUT2D eigenvalue weighted by Crippen LogP contribution is 2.26. The molecule has 13 heteroatoms. The Kier molecular flexibility index (Phi) is 7.41. The first-order valence-corrected chi connectivity index (χ1v) is 13.3. The molecule has 4 aromatic rings. The third-order valence-electron chi connectivity index (χ3n) is 6.98. The molecule has 6 rings (SSSR count). The highest BCUT2D eigenvalue weighted by Gasteiger charge is 2.25. The second-order valence-electron chi connectivity index (χ2n) is 9.72. The molecule has 2 aliphatic heterocycles. The summed E-state index contributed by atoms with van der Waals surface area (Å²) in [5.74, 6) is -0.834. The van der Waals surface area contributed by atoms with Crippen LogP contribution in [0.2, 0.25) is 5.02 Å². The average molecular weight is 583 g/mol. The fourth-order valence-corrected chi connectivity index (χ4v) is 4.83. The van der Waals surface area contributed by atoms with Gasteiger partial charge in [-0.1, -0.05) is 23.7 Å². The minimum absolute atomic E-state index is 0.00275. The van der Waals surface area contributed by atoms with Gasteiger partial charge in [0.25, 0.3) is 0 Å². The lowest BCUT2D eigenvalue weighted by atomic mass is 10.1. The van der Waals surface area contributed by atoms with Crippen LogP contribution in [0.1, 0.15) is 28.2 Å². The summed E-state index contributed by atoms with van der Waals surface area (Å²) < 4.78 is 42.0. The lowest BCUT2D eigenvalue weighted by Crippen LogP contribution is -2.38. The number of imidazole rings is 1. The molecule has 1 saturated heterocycles. The Balaban J connectivity index is 1.17. The highest BCUT2D eigenvalue weighted by atomic mass is 35.5. The molecule has 2 aromatic heterocycles. The van der Waals surface area contributed by atoms with Gasteiger partial charge < -0.3 is 24.0 Å². The monoisotopic (exact) mass is 582 g/mol. The molecule has 1 N–H and O–H groups in total. The molecule has 4 heterocycles. The van der Waals surface area contributed by atoms with Crippen molar-refractivity contribution in [3.05, 3.63) is 82.1 Å². The van der Waals surface area contributed by atoms with Crippen LogP contribution in [0.3, 0.4) is 0 Å². The number of benzene rings is 2. The molecular formula is C28H25ClF2N6O4. The summed E-state index contributed by atoms with van der Waals surface area (Å²) >= 11 is 5.81. The van der Waals surface area contributed by atoms with Gasteiger partial charge in [0, 0.05) is 29.8 Å². The van der Waals surface area contributed by atoms with Crippen LogP contribution < -0.4 is 9.64 Å². The maximum Gasteiger partial charge on any atom is 0.335 e. The first-order valence-electron chi connectivity index (χ1n) is 13.0. The number of rotatable bonds is 9. The van der Waals surface area contributed by atoms with Crippen molar-refractivity contribution >= 4 is 40.8 Å². The number of aromatic carboxylic acids is 1. The van der Waals surface area contributed by atoms with Gasteiger partial charge in [0.05, 0.1) is 36.8 Å². The summed E-state index contributed by atoms with van der Waals surface area (Å²) in [6, 6.07) is 12.1. The average Bonchev–Trinajstić information content (AvgIpc) is 3.28. The highest BCUT2D eigenvalue weighted by molar-refractivity contribution is 6.30. The van der Waals surface area contributed by atoms with Crippen molar-refractivity contribution in [1.82, 2.24) is 19.5 Å². The SMILES string of the molecule is O=C(O)c1cc(F)c2nc(CN3CCN(c4cccc(OCc5ccc(Cl)cc5F)n4)C=N3)n(C[C@@H]3CCO3)c2c1. The topological polar surface area (TPSA) is 105 Å². The number of carbonyl (C=O) groups is 1. The molecule has 212 valence electrons. The molecule has 0 radical (unpaired) electrons. The van der Waals surface area contributed by atoms with Crippen LogP contribution in [0.5, 0.6) is 5.88 Å². The number of carboxylic acids is 1. The number of halogens is 3. The number of hydrogen-bond donors (Lipinski definition) is 1. The Labute approximate surface area is 238 Å². The van der Waals surface area contributed by atoms with Gasteiger partial charge in [-0.3, -0.25) is 5.01 Å². The lowest BCUT2D eigenvalue weighted by Gasteiger charge is -2.30. The zero-order valence-corrected chi connectivity index (χ0v) is 22.5. The van der Waals surface area contributed by atoms with Crippen molar-refractivity contribution in [2.75, 3.05) is 24.6 Å². The Morgan fingerprint density at radius 3 is 2.68 bits per heavy atom. The number of pyridine rings is 1. The summed E-state index contributed by atoms with van der Waals surface area (Å²) in [4.78, 5) is 22.4. The van der Waals surface area contributed by atoms with Crippen molar-refractivity contribution in [2.45, 2.75) is 32.2 Å². The second-order valence-corrected chi connectivity index (χ2v) is 10.2. The molecule has 0 bridgehead atoms. The van der Waals surface area contributed by atoms with Gasteiger partial charge in [-0.2, -0.15) is 10.1 Å². The van der Waals surface area contributed by atoms with Crippen molar-refractivity contribution in [3.63, 3.8) is 0 Å². The number of ether oxygens (including phenoxy) is 2. The van der Waals surface area contributed by atoms with E-state index in [-0.39, 0.29) is 30.3 Å². The van der Waals surface area contributed by atoms with Crippen molar-refractivity contribution in [1.29, 1.82) is 0 Å². The molecular weight excluding hydrogens is 558 g/mol. The Morgan fingerprint density at radius 2 is 1.98 bits per heavy atom. The number of nitrogens with zero attached hydrogens (tertiary/aromatic N) is 6. The van der Waals surface area contributed by atoms with E-state index in [0.29, 0.717) is 59.9 Å². The zero-order chi connectivity index (χ0) is 28.5. The summed E-state index contributed by atoms with van der Waals surface area (Å²) in [5.41, 5.74) is 0.757. The van der Waals surface area contributed by atoms with Crippen molar-refractivity contribution in [2.24, 2.45) is 5.10 Å². The molecule has 0 amide bonds. The van der Waals surface area contributed by atoms with E-state index in [1.165, 1.54) is 12.1 Å². The first-order chi connectivity index (χ1) is 19.8. The van der Waals surface area contributed by atoms with Crippen molar-refractivity contribution in [3.8, 4) is 5.88 Å². The number of fused-ring (bicyclic) bond motifs is 1. The quantitative estimate of drug-likeness (QED) is 0.303. The van der Waals surface area contributed by atoms with E-state index in [1.807, 2.05) is 15.5 Å². The minimum Gasteiger partial charge on any atom is -0.478 e. The second kappa shape index (κ2) is 11.3. The van der Waals surface area contributed by atoms with Gasteiger partial charge in [-0.15, -0.1) is 0 Å². The minimum atomic E-state index is -1.21. The molecule has 0 unspecified atom stereocenters. The number of aromatic nitrogens is 3. The summed E-state index contributed by atoms with van der Waals surface area (Å²) in [6.07, 6.45) is 2.46. The third-order valence-corrected chi connectivity index (χ3v) is 7.22. The normalized spacial score (nSPS) is 16.7. The Bertz CT molecular complexity index is 1640. The number of hydrogen-bond acceptors (Lipinski definition) is 8. The van der Waals surface area contributed by atoms with Gasteiger partial charge >= 0.3 is 5.97 Å². The molecule has 2 aromatic carbocycles. The first kappa shape index (κ1) is 26.9. The van der Waals surface area contributed by atoms with Gasteiger partial charge in [0.1, 0.15) is 35.9 Å². The van der Waals surface area contributed by atoms with Crippen LogP contribution in [-0.4, -0.2) is 62.8 Å². The smallest absolute Gasteiger partial charge is 0.335 e. The van der Waals surface area contributed by atoms with E-state index in [9.17, 15) is 18.7 Å². The maximum absolute atomic E-state index is 14.8. The van der Waals surface area contributed by atoms with Crippen LogP contribution >= 0.6 is 11.6 Å². The van der Waals surface area contributed by atoms with Crippen molar-refractivity contribution < 1.29 is 28.2 Å². The predicted molar refractivity (Wildman–Crippen MR) is 147 cm³/mol. The molecule has 0 spiro atoms. The van der Waals surface area contributed by atoms with Gasteiger partial charge in [-0.05, 0) is 36.8 Å². The largest absolute Gasteiger partial charge is 0.478 e. The van der Waals surface area contributed by atoms with Gasteiger partial charge in [-0.25, -0.2) is 18.6 Å².